The number of hydrazine groups is 1. The fraction of sp³-hybridized carbons (Fsp3) is 0.167. The predicted octanol–water partition coefficient (Wildman–Crippen LogP) is 9.87. The van der Waals surface area contributed by atoms with Crippen LogP contribution in [0.5, 0.6) is 0 Å². The van der Waals surface area contributed by atoms with Gasteiger partial charge < -0.3 is 0 Å². The predicted molar refractivity (Wildman–Crippen MR) is 175 cm³/mol. The van der Waals surface area contributed by atoms with Crippen molar-refractivity contribution in [2.45, 2.75) is 39.5 Å². The fourth-order valence-electron chi connectivity index (χ4n) is 5.09. The lowest BCUT2D eigenvalue weighted by Crippen LogP contribution is -2.36. The molecule has 0 saturated carbocycles. The van der Waals surface area contributed by atoms with Crippen molar-refractivity contribution >= 4 is 34.9 Å². The number of nitrogens with one attached hydrogen (secondary N) is 1. The average Bonchev–Trinajstić information content (AvgIpc) is 3.00. The first kappa shape index (κ1) is 27.5. The van der Waals surface area contributed by atoms with Gasteiger partial charge in [0.15, 0.2) is 0 Å². The Labute approximate surface area is 239 Å². The van der Waals surface area contributed by atoms with Gasteiger partial charge in [-0.1, -0.05) is 143 Å². The van der Waals surface area contributed by atoms with Gasteiger partial charge in [-0.2, -0.15) is 0 Å². The van der Waals surface area contributed by atoms with Gasteiger partial charge in [-0.05, 0) is 47.2 Å². The zero-order valence-corrected chi connectivity index (χ0v) is 24.7. The summed E-state index contributed by atoms with van der Waals surface area (Å²) in [6.07, 6.45) is 0. The first-order chi connectivity index (χ1) is 19.5. The second kappa shape index (κ2) is 12.4. The molecule has 0 aliphatic rings. The third-order valence-electron chi connectivity index (χ3n) is 7.12. The quantitative estimate of drug-likeness (QED) is 0.148. The van der Waals surface area contributed by atoms with Crippen molar-refractivity contribution in [3.8, 4) is 0 Å². The molecule has 1 N–H and O–H groups in total. The second-order valence-corrected chi connectivity index (χ2v) is 13.4. The van der Waals surface area contributed by atoms with Crippen molar-refractivity contribution in [3.63, 3.8) is 0 Å². The van der Waals surface area contributed by atoms with Crippen molar-refractivity contribution in [1.29, 1.82) is 0 Å². The van der Waals surface area contributed by atoms with Crippen LogP contribution in [0.25, 0.3) is 0 Å². The number of nitrogens with zero attached hydrogens (tertiary/aromatic N) is 2. The molecule has 0 amide bonds. The second-order valence-electron chi connectivity index (χ2n) is 10.6. The summed E-state index contributed by atoms with van der Waals surface area (Å²) in [5.74, 6) is 0.663. The molecule has 5 aromatic carbocycles. The molecular formula is C36H38N3P. The first-order valence-corrected chi connectivity index (χ1v) is 15.7. The molecule has 0 saturated heterocycles. The van der Waals surface area contributed by atoms with E-state index in [2.05, 4.69) is 171 Å². The Morgan fingerprint density at radius 1 is 0.525 bits per heavy atom. The number of hydrogen-bond acceptors (Lipinski definition) is 2. The number of benzene rings is 5. The van der Waals surface area contributed by atoms with E-state index in [-0.39, 0.29) is 0 Å². The highest BCUT2D eigenvalue weighted by atomic mass is 31.2. The number of hydrogen-bond donors (Lipinski definition) is 1. The van der Waals surface area contributed by atoms with Gasteiger partial charge in [0.05, 0.1) is 17.1 Å². The summed E-state index contributed by atoms with van der Waals surface area (Å²) >= 11 is 0. The van der Waals surface area contributed by atoms with Crippen LogP contribution in [-0.2, 0) is 0 Å². The van der Waals surface area contributed by atoms with E-state index in [0.29, 0.717) is 11.8 Å². The molecule has 202 valence electrons. The number of para-hydroxylation sites is 2. The molecule has 40 heavy (non-hydrogen) atoms. The maximum absolute atomic E-state index is 6.02. The first-order valence-electron chi connectivity index (χ1n) is 14.0. The van der Waals surface area contributed by atoms with Gasteiger partial charge in [0.2, 0.25) is 0 Å². The van der Waals surface area contributed by atoms with Crippen molar-refractivity contribution in [3.05, 3.63) is 151 Å². The van der Waals surface area contributed by atoms with Crippen LogP contribution < -0.4 is 20.8 Å². The highest BCUT2D eigenvalue weighted by molar-refractivity contribution is 7.82. The Hall–Kier alpha value is -4.07. The van der Waals surface area contributed by atoms with Gasteiger partial charge in [-0.3, -0.25) is 5.43 Å². The van der Waals surface area contributed by atoms with Gasteiger partial charge >= 0.3 is 0 Å². The van der Waals surface area contributed by atoms with Crippen molar-refractivity contribution in [2.24, 2.45) is 4.74 Å². The molecule has 4 heteroatoms. The lowest BCUT2D eigenvalue weighted by Gasteiger charge is -2.40. The highest BCUT2D eigenvalue weighted by Crippen LogP contribution is 2.57. The molecule has 0 atom stereocenters. The van der Waals surface area contributed by atoms with Gasteiger partial charge in [0, 0.05) is 10.6 Å². The molecular weight excluding hydrogens is 505 g/mol. The normalized spacial score (nSPS) is 11.4. The smallest absolute Gasteiger partial charge is 0.136 e. The van der Waals surface area contributed by atoms with Gasteiger partial charge in [-0.15, -0.1) is 0 Å². The van der Waals surface area contributed by atoms with E-state index >= 15 is 0 Å². The van der Waals surface area contributed by atoms with Crippen molar-refractivity contribution in [1.82, 2.24) is 0 Å². The van der Waals surface area contributed by atoms with Crippen LogP contribution in [0.15, 0.2) is 144 Å². The minimum absolute atomic E-state index is 0.332. The Balaban J connectivity index is 1.97. The molecule has 5 aromatic rings. The van der Waals surface area contributed by atoms with Crippen LogP contribution in [0.4, 0.5) is 17.1 Å². The Morgan fingerprint density at radius 3 is 1.40 bits per heavy atom. The third kappa shape index (κ3) is 5.62. The van der Waals surface area contributed by atoms with Gasteiger partial charge in [0.1, 0.15) is 7.21 Å². The Kier molecular flexibility index (Phi) is 8.53. The molecule has 0 aliphatic carbocycles. The van der Waals surface area contributed by atoms with E-state index in [1.165, 1.54) is 21.7 Å². The lowest BCUT2D eigenvalue weighted by atomic mass is 9.93. The minimum atomic E-state index is -2.71. The van der Waals surface area contributed by atoms with E-state index in [9.17, 15) is 0 Å². The van der Waals surface area contributed by atoms with Crippen LogP contribution >= 0.6 is 7.21 Å². The third-order valence-corrected chi connectivity index (χ3v) is 10.6. The standard InChI is InChI=1S/C36H38N3P/c1-28(2)34-26-17-27-35(29(3)4)36(34)38-40(32-22-13-7-14-23-32,33-24-15-8-16-25-33)39(31-20-11-6-12-21-31)37-30-18-9-5-10-19-30/h5-29,37H,1-4H3. The van der Waals surface area contributed by atoms with E-state index in [0.717, 1.165) is 17.1 Å². The zero-order valence-electron chi connectivity index (χ0n) is 23.8. The molecule has 0 radical (unpaired) electrons. The highest BCUT2D eigenvalue weighted by Gasteiger charge is 2.34. The molecule has 3 nitrogen and oxygen atoms in total. The van der Waals surface area contributed by atoms with Crippen LogP contribution in [0.2, 0.25) is 0 Å². The van der Waals surface area contributed by atoms with Gasteiger partial charge in [-0.25, -0.2) is 9.52 Å². The SMILES string of the molecule is CC(C)c1cccc(C(C)C)c1N=P(c1ccccc1)(c1ccccc1)N(Nc1ccccc1)c1ccccc1. The summed E-state index contributed by atoms with van der Waals surface area (Å²) in [5.41, 5.74) is 9.56. The van der Waals surface area contributed by atoms with Crippen molar-refractivity contribution < 1.29 is 0 Å². The largest absolute Gasteiger partial charge is 0.293 e. The molecule has 0 aromatic heterocycles. The molecule has 0 bridgehead atoms. The number of rotatable bonds is 9. The summed E-state index contributed by atoms with van der Waals surface area (Å²) in [6.45, 7) is 9.06. The summed E-state index contributed by atoms with van der Waals surface area (Å²) in [6, 6.07) is 49.3. The maximum Gasteiger partial charge on any atom is 0.136 e. The summed E-state index contributed by atoms with van der Waals surface area (Å²) in [4.78, 5) is 0. The molecule has 5 rings (SSSR count). The van der Waals surface area contributed by atoms with E-state index < -0.39 is 7.21 Å². The zero-order chi connectivity index (χ0) is 28.0. The lowest BCUT2D eigenvalue weighted by molar-refractivity contribution is 0.835. The minimum Gasteiger partial charge on any atom is -0.293 e. The molecule has 0 heterocycles. The van der Waals surface area contributed by atoms with Crippen LogP contribution in [-0.4, -0.2) is 0 Å². The van der Waals surface area contributed by atoms with E-state index in [1.54, 1.807) is 0 Å². The number of anilines is 2. The Morgan fingerprint density at radius 2 is 0.950 bits per heavy atom. The van der Waals surface area contributed by atoms with Crippen LogP contribution in [0.3, 0.4) is 0 Å². The average molecular weight is 544 g/mol. The topological polar surface area (TPSA) is 27.6 Å². The van der Waals surface area contributed by atoms with E-state index in [1.807, 2.05) is 6.07 Å². The molecule has 0 fully saturated rings. The molecule has 0 aliphatic heterocycles. The molecule has 0 unspecified atom stereocenters. The summed E-state index contributed by atoms with van der Waals surface area (Å²) in [5, 5.41) is 2.36. The van der Waals surface area contributed by atoms with Crippen LogP contribution in [0, 0.1) is 0 Å². The monoisotopic (exact) mass is 543 g/mol. The van der Waals surface area contributed by atoms with E-state index in [4.69, 9.17) is 4.74 Å². The molecule has 0 spiro atoms. The summed E-state index contributed by atoms with van der Waals surface area (Å²) < 4.78 is 8.36. The fourth-order valence-corrected chi connectivity index (χ4v) is 8.60. The van der Waals surface area contributed by atoms with Crippen LogP contribution in [0.1, 0.15) is 50.7 Å². The summed E-state index contributed by atoms with van der Waals surface area (Å²) in [7, 11) is -2.71. The van der Waals surface area contributed by atoms with Gasteiger partial charge in [0.25, 0.3) is 0 Å². The van der Waals surface area contributed by atoms with Crippen molar-refractivity contribution in [2.75, 3.05) is 10.2 Å². The maximum atomic E-state index is 6.02. The Bertz CT molecular complexity index is 1490.